The fourth-order valence-electron chi connectivity index (χ4n) is 10.8. The Kier molecular flexibility index (Phi) is 8.40. The Balaban J connectivity index is 1.04. The highest BCUT2D eigenvalue weighted by atomic mass is 32.1. The smallest absolute Gasteiger partial charge is 0.238 e. The van der Waals surface area contributed by atoms with E-state index in [1.165, 1.54) is 38.8 Å². The zero-order valence-electron chi connectivity index (χ0n) is 37.2. The van der Waals surface area contributed by atoms with Crippen LogP contribution in [0.1, 0.15) is 25.0 Å². The number of rotatable bonds is 6. The summed E-state index contributed by atoms with van der Waals surface area (Å²) in [6.45, 7) is 4.64. The first-order valence-electron chi connectivity index (χ1n) is 23.1. The molecule has 68 heavy (non-hydrogen) atoms. The number of benzene rings is 9. The second-order valence-corrected chi connectivity index (χ2v) is 19.2. The first-order valence-corrected chi connectivity index (χ1v) is 23.9. The maximum absolute atomic E-state index is 5.56. The van der Waals surface area contributed by atoms with Crippen molar-refractivity contribution in [2.45, 2.75) is 19.3 Å². The Morgan fingerprint density at radius 1 is 0.397 bits per heavy atom. The summed E-state index contributed by atoms with van der Waals surface area (Å²) in [7, 11) is 0. The number of para-hydroxylation sites is 3. The summed E-state index contributed by atoms with van der Waals surface area (Å²) in [5, 5.41) is 5.55. The van der Waals surface area contributed by atoms with Gasteiger partial charge in [0.15, 0.2) is 11.6 Å². The molecule has 9 aromatic carbocycles. The Hall–Kier alpha value is -8.52. The molecular weight excluding hydrogens is 849 g/mol. The van der Waals surface area contributed by atoms with Crippen LogP contribution in [0.15, 0.2) is 206 Å². The Morgan fingerprint density at radius 3 is 1.74 bits per heavy atom. The van der Waals surface area contributed by atoms with E-state index >= 15 is 0 Å². The van der Waals surface area contributed by atoms with Gasteiger partial charge in [-0.1, -0.05) is 178 Å². The SMILES string of the molecule is CC1(C)c2ccccc2-c2ccc(-c3nc(-c4cccc5nc(-c6ccc(-c7ccccc7)cc6)sc45)nc(-n4c5ccccc5c5ccc6c7ccccc7n(-c7ccccc7)c6c54)n3)cc21. The van der Waals surface area contributed by atoms with Gasteiger partial charge >= 0.3 is 0 Å². The summed E-state index contributed by atoms with van der Waals surface area (Å²) in [4.78, 5) is 21.8. The molecule has 0 radical (unpaired) electrons. The predicted octanol–water partition coefficient (Wildman–Crippen LogP) is 15.6. The van der Waals surface area contributed by atoms with E-state index in [2.05, 4.69) is 223 Å². The van der Waals surface area contributed by atoms with E-state index in [1.807, 2.05) is 6.07 Å². The Labute approximate surface area is 396 Å². The fraction of sp³-hybridized carbons (Fsp3) is 0.0492. The van der Waals surface area contributed by atoms with Crippen LogP contribution in [-0.4, -0.2) is 29.1 Å². The van der Waals surface area contributed by atoms with Crippen LogP contribution >= 0.6 is 11.3 Å². The quantitative estimate of drug-likeness (QED) is 0.167. The molecule has 320 valence electrons. The molecule has 0 saturated heterocycles. The molecule has 1 aliphatic carbocycles. The zero-order chi connectivity index (χ0) is 45.1. The second kappa shape index (κ2) is 14.7. The Bertz CT molecular complexity index is 4160. The van der Waals surface area contributed by atoms with Gasteiger partial charge < -0.3 is 4.57 Å². The third kappa shape index (κ3) is 5.76. The molecule has 1 aliphatic rings. The lowest BCUT2D eigenvalue weighted by Crippen LogP contribution is -2.15. The molecule has 0 fully saturated rings. The van der Waals surface area contributed by atoms with E-state index in [0.29, 0.717) is 17.6 Å². The number of fused-ring (bicyclic) bond motifs is 11. The van der Waals surface area contributed by atoms with Crippen LogP contribution in [0, 0.1) is 0 Å². The molecule has 13 aromatic rings. The Morgan fingerprint density at radius 2 is 0.971 bits per heavy atom. The van der Waals surface area contributed by atoms with E-state index in [4.69, 9.17) is 19.9 Å². The van der Waals surface area contributed by atoms with Gasteiger partial charge in [0.05, 0.1) is 32.3 Å². The van der Waals surface area contributed by atoms with E-state index in [9.17, 15) is 0 Å². The average Bonchev–Trinajstić information content (AvgIpc) is 4.14. The highest BCUT2D eigenvalue weighted by Crippen LogP contribution is 2.50. The maximum atomic E-state index is 5.56. The van der Waals surface area contributed by atoms with E-state index in [-0.39, 0.29) is 5.41 Å². The van der Waals surface area contributed by atoms with Crippen molar-refractivity contribution in [3.8, 4) is 67.2 Å². The molecule has 0 spiro atoms. The summed E-state index contributed by atoms with van der Waals surface area (Å²) in [5.41, 5.74) is 16.5. The topological polar surface area (TPSA) is 61.4 Å². The first kappa shape index (κ1) is 38.7. The van der Waals surface area contributed by atoms with Gasteiger partial charge in [-0.2, -0.15) is 9.97 Å². The van der Waals surface area contributed by atoms with Gasteiger partial charge in [0, 0.05) is 49.3 Å². The molecule has 14 rings (SSSR count). The minimum atomic E-state index is -0.201. The molecule has 0 aliphatic heterocycles. The molecule has 4 heterocycles. The van der Waals surface area contributed by atoms with Gasteiger partial charge in [-0.05, 0) is 75.8 Å². The summed E-state index contributed by atoms with van der Waals surface area (Å²) < 4.78 is 5.70. The van der Waals surface area contributed by atoms with Crippen molar-refractivity contribution in [1.82, 2.24) is 29.1 Å². The number of hydrogen-bond acceptors (Lipinski definition) is 5. The molecule has 0 atom stereocenters. The molecule has 0 bridgehead atoms. The van der Waals surface area contributed by atoms with E-state index in [0.717, 1.165) is 75.8 Å². The van der Waals surface area contributed by atoms with Crippen molar-refractivity contribution in [2.24, 2.45) is 0 Å². The van der Waals surface area contributed by atoms with E-state index < -0.39 is 0 Å². The van der Waals surface area contributed by atoms with Crippen LogP contribution in [0.2, 0.25) is 0 Å². The average molecular weight is 889 g/mol. The molecule has 6 nitrogen and oxygen atoms in total. The number of aromatic nitrogens is 6. The van der Waals surface area contributed by atoms with Crippen molar-refractivity contribution in [3.63, 3.8) is 0 Å². The summed E-state index contributed by atoms with van der Waals surface area (Å²) in [6, 6.07) is 73.5. The van der Waals surface area contributed by atoms with E-state index in [1.54, 1.807) is 11.3 Å². The summed E-state index contributed by atoms with van der Waals surface area (Å²) in [6.07, 6.45) is 0. The lowest BCUT2D eigenvalue weighted by Gasteiger charge is -2.21. The van der Waals surface area contributed by atoms with Crippen LogP contribution in [0.4, 0.5) is 0 Å². The third-order valence-corrected chi connectivity index (χ3v) is 15.2. The van der Waals surface area contributed by atoms with Crippen molar-refractivity contribution in [1.29, 1.82) is 0 Å². The minimum Gasteiger partial charge on any atom is -0.307 e. The molecule has 4 aromatic heterocycles. The standard InChI is InChI=1S/C61H40N6S/c1-61(2)49-24-12-9-20-42(49)43-33-32-40(36-50(43)61)57-63-58(48-23-15-25-51-56(48)68-59(62-51)39-30-28-38(29-31-39)37-16-5-3-6-17-37)65-60(64-57)67-53-27-14-11-22-45(53)47-35-34-46-44-21-10-13-26-52(44)66(54(46)55(47)67)41-18-7-4-8-19-41/h3-36H,1-2H3. The zero-order valence-corrected chi connectivity index (χ0v) is 38.0. The summed E-state index contributed by atoms with van der Waals surface area (Å²) >= 11 is 1.67. The third-order valence-electron chi connectivity index (χ3n) is 14.0. The molecule has 0 unspecified atom stereocenters. The van der Waals surface area contributed by atoms with Gasteiger partial charge in [0.1, 0.15) is 5.01 Å². The van der Waals surface area contributed by atoms with Crippen LogP contribution < -0.4 is 0 Å². The molecule has 0 saturated carbocycles. The van der Waals surface area contributed by atoms with Crippen LogP contribution in [0.3, 0.4) is 0 Å². The number of nitrogens with zero attached hydrogens (tertiary/aromatic N) is 6. The molecular formula is C61H40N6S. The van der Waals surface area contributed by atoms with Gasteiger partial charge in [-0.15, -0.1) is 11.3 Å². The maximum Gasteiger partial charge on any atom is 0.238 e. The number of hydrogen-bond donors (Lipinski definition) is 0. The largest absolute Gasteiger partial charge is 0.307 e. The molecule has 7 heteroatoms. The monoisotopic (exact) mass is 888 g/mol. The normalized spacial score (nSPS) is 13.0. The highest BCUT2D eigenvalue weighted by molar-refractivity contribution is 7.22. The second-order valence-electron chi connectivity index (χ2n) is 18.2. The van der Waals surface area contributed by atoms with Crippen molar-refractivity contribution < 1.29 is 0 Å². The fourth-order valence-corrected chi connectivity index (χ4v) is 11.9. The molecule has 0 N–H and O–H groups in total. The van der Waals surface area contributed by atoms with Gasteiger partial charge in [0.25, 0.3) is 0 Å². The van der Waals surface area contributed by atoms with Crippen LogP contribution in [-0.2, 0) is 5.41 Å². The van der Waals surface area contributed by atoms with Crippen molar-refractivity contribution in [3.05, 3.63) is 217 Å². The lowest BCUT2D eigenvalue weighted by molar-refractivity contribution is 0.660. The highest BCUT2D eigenvalue weighted by Gasteiger charge is 2.35. The van der Waals surface area contributed by atoms with Crippen LogP contribution in [0.25, 0.3) is 121 Å². The summed E-state index contributed by atoms with van der Waals surface area (Å²) in [5.74, 6) is 1.75. The van der Waals surface area contributed by atoms with Crippen molar-refractivity contribution >= 4 is 65.2 Å². The van der Waals surface area contributed by atoms with Gasteiger partial charge in [-0.3, -0.25) is 4.57 Å². The first-order chi connectivity index (χ1) is 33.5. The lowest BCUT2D eigenvalue weighted by atomic mass is 9.82. The van der Waals surface area contributed by atoms with Gasteiger partial charge in [0.2, 0.25) is 5.95 Å². The predicted molar refractivity (Wildman–Crippen MR) is 281 cm³/mol. The minimum absolute atomic E-state index is 0.201. The van der Waals surface area contributed by atoms with Crippen LogP contribution in [0.5, 0.6) is 0 Å². The van der Waals surface area contributed by atoms with Gasteiger partial charge in [-0.25, -0.2) is 9.97 Å². The van der Waals surface area contributed by atoms with Crippen molar-refractivity contribution in [2.75, 3.05) is 0 Å². The number of thiazole rings is 1. The molecule has 0 amide bonds.